The molecule has 0 amide bonds. The molecule has 5 atom stereocenters. The fourth-order valence-corrected chi connectivity index (χ4v) is 2.98. The van der Waals surface area contributed by atoms with Crippen molar-refractivity contribution in [2.45, 2.75) is 83.1 Å². The van der Waals surface area contributed by atoms with Gasteiger partial charge in [-0.25, -0.2) is 0 Å². The van der Waals surface area contributed by atoms with Crippen molar-refractivity contribution in [3.63, 3.8) is 0 Å². The second-order valence-corrected chi connectivity index (χ2v) is 9.03. The molecule has 26 heavy (non-hydrogen) atoms. The average Bonchev–Trinajstić information content (AvgIpc) is 2.53. The van der Waals surface area contributed by atoms with Gasteiger partial charge in [-0.1, -0.05) is 53.7 Å². The van der Waals surface area contributed by atoms with Gasteiger partial charge < -0.3 is 29.9 Å². The quantitative estimate of drug-likeness (QED) is 0.645. The Balaban J connectivity index is 2.36. The maximum atomic E-state index is 10.2. The molecule has 1 saturated heterocycles. The summed E-state index contributed by atoms with van der Waals surface area (Å²) in [5.74, 6) is 0.537. The second kappa shape index (κ2) is 7.44. The first kappa shape index (κ1) is 21.1. The van der Waals surface area contributed by atoms with E-state index in [-0.39, 0.29) is 10.8 Å². The van der Waals surface area contributed by atoms with E-state index in [4.69, 9.17) is 9.47 Å². The summed E-state index contributed by atoms with van der Waals surface area (Å²) in [5.41, 5.74) is 1.86. The molecule has 1 heterocycles. The summed E-state index contributed by atoms with van der Waals surface area (Å²) in [7, 11) is 0. The van der Waals surface area contributed by atoms with Gasteiger partial charge in [0.25, 0.3) is 0 Å². The number of aliphatic hydroxyl groups excluding tert-OH is 4. The molecule has 6 heteroatoms. The van der Waals surface area contributed by atoms with Crippen LogP contribution in [-0.2, 0) is 15.6 Å². The molecule has 0 spiro atoms. The number of benzene rings is 1. The molecular weight excluding hydrogens is 336 g/mol. The number of aliphatic hydroxyl groups is 4. The molecule has 0 bridgehead atoms. The maximum Gasteiger partial charge on any atom is 0.229 e. The third-order valence-electron chi connectivity index (χ3n) is 4.75. The van der Waals surface area contributed by atoms with Gasteiger partial charge in [0.15, 0.2) is 0 Å². The lowest BCUT2D eigenvalue weighted by Gasteiger charge is -2.40. The predicted molar refractivity (Wildman–Crippen MR) is 98.2 cm³/mol. The van der Waals surface area contributed by atoms with Crippen LogP contribution < -0.4 is 4.74 Å². The van der Waals surface area contributed by atoms with Gasteiger partial charge in [0.1, 0.15) is 30.2 Å². The summed E-state index contributed by atoms with van der Waals surface area (Å²) < 4.78 is 11.4. The summed E-state index contributed by atoms with van der Waals surface area (Å²) in [5, 5.41) is 39.4. The highest BCUT2D eigenvalue weighted by atomic mass is 16.7. The zero-order chi connectivity index (χ0) is 19.9. The first-order chi connectivity index (χ1) is 11.9. The van der Waals surface area contributed by atoms with Crippen molar-refractivity contribution in [2.75, 3.05) is 6.61 Å². The van der Waals surface area contributed by atoms with Crippen LogP contribution in [0.25, 0.3) is 0 Å². The van der Waals surface area contributed by atoms with Crippen molar-refractivity contribution in [1.29, 1.82) is 0 Å². The Bertz CT molecular complexity index is 614. The zero-order valence-corrected chi connectivity index (χ0v) is 16.4. The fourth-order valence-electron chi connectivity index (χ4n) is 2.98. The van der Waals surface area contributed by atoms with Crippen molar-refractivity contribution in [3.05, 3.63) is 29.3 Å². The van der Waals surface area contributed by atoms with E-state index in [2.05, 4.69) is 47.6 Å². The summed E-state index contributed by atoms with van der Waals surface area (Å²) in [4.78, 5) is 0. The van der Waals surface area contributed by atoms with Gasteiger partial charge in [-0.3, -0.25) is 0 Å². The van der Waals surface area contributed by atoms with E-state index in [0.717, 1.165) is 11.1 Å². The van der Waals surface area contributed by atoms with E-state index in [1.165, 1.54) is 0 Å². The molecule has 1 aliphatic heterocycles. The van der Waals surface area contributed by atoms with Crippen LogP contribution in [0.3, 0.4) is 0 Å². The lowest BCUT2D eigenvalue weighted by molar-refractivity contribution is -0.277. The summed E-state index contributed by atoms with van der Waals surface area (Å²) in [6.07, 6.45) is -6.47. The van der Waals surface area contributed by atoms with Crippen LogP contribution >= 0.6 is 0 Å². The monoisotopic (exact) mass is 368 g/mol. The molecule has 1 fully saturated rings. The number of rotatable bonds is 3. The Morgan fingerprint density at radius 1 is 0.923 bits per heavy atom. The van der Waals surface area contributed by atoms with Gasteiger partial charge in [0.05, 0.1) is 6.61 Å². The first-order valence-corrected chi connectivity index (χ1v) is 8.98. The molecule has 0 saturated carbocycles. The van der Waals surface area contributed by atoms with E-state index < -0.39 is 37.3 Å². The van der Waals surface area contributed by atoms with Crippen molar-refractivity contribution in [3.8, 4) is 5.75 Å². The van der Waals surface area contributed by atoms with Crippen LogP contribution in [-0.4, -0.2) is 57.7 Å². The molecule has 0 aliphatic carbocycles. The predicted octanol–water partition coefficient (Wildman–Crippen LogP) is 1.46. The summed E-state index contributed by atoms with van der Waals surface area (Å²) in [6.45, 7) is 12.1. The SMILES string of the molecule is CC(C)(C)c1ccc(O[C@@H]2O[C@H](CO)[C@H](O)[C@H](O)[C@@H]2O)c(C(C)(C)C)c1. The molecule has 0 aromatic heterocycles. The van der Waals surface area contributed by atoms with Crippen molar-refractivity contribution < 1.29 is 29.9 Å². The lowest BCUT2D eigenvalue weighted by atomic mass is 9.80. The van der Waals surface area contributed by atoms with Gasteiger partial charge in [-0.05, 0) is 28.0 Å². The molecule has 1 aromatic rings. The molecule has 2 rings (SSSR count). The molecule has 1 aliphatic rings. The van der Waals surface area contributed by atoms with Crippen LogP contribution in [0, 0.1) is 0 Å². The third kappa shape index (κ3) is 4.38. The van der Waals surface area contributed by atoms with Crippen LogP contribution in [0.15, 0.2) is 18.2 Å². The topological polar surface area (TPSA) is 99.4 Å². The zero-order valence-electron chi connectivity index (χ0n) is 16.4. The normalized spacial score (nSPS) is 30.3. The van der Waals surface area contributed by atoms with Gasteiger partial charge in [0, 0.05) is 0 Å². The Morgan fingerprint density at radius 3 is 2.04 bits per heavy atom. The average molecular weight is 368 g/mol. The molecule has 1 aromatic carbocycles. The van der Waals surface area contributed by atoms with Crippen molar-refractivity contribution in [2.24, 2.45) is 0 Å². The van der Waals surface area contributed by atoms with E-state index >= 15 is 0 Å². The molecule has 0 unspecified atom stereocenters. The molecule has 148 valence electrons. The van der Waals surface area contributed by atoms with E-state index in [1.807, 2.05) is 12.1 Å². The van der Waals surface area contributed by atoms with Crippen molar-refractivity contribution >= 4 is 0 Å². The Labute approximate surface area is 155 Å². The van der Waals surface area contributed by atoms with Gasteiger partial charge in [-0.15, -0.1) is 0 Å². The Kier molecular flexibility index (Phi) is 6.05. The van der Waals surface area contributed by atoms with Crippen LogP contribution in [0.1, 0.15) is 52.7 Å². The highest BCUT2D eigenvalue weighted by Gasteiger charge is 2.45. The van der Waals surface area contributed by atoms with Gasteiger partial charge in [-0.2, -0.15) is 0 Å². The Hall–Kier alpha value is -1.18. The Morgan fingerprint density at radius 2 is 1.54 bits per heavy atom. The van der Waals surface area contributed by atoms with E-state index in [9.17, 15) is 20.4 Å². The maximum absolute atomic E-state index is 10.2. The highest BCUT2D eigenvalue weighted by Crippen LogP contribution is 2.37. The highest BCUT2D eigenvalue weighted by molar-refractivity contribution is 5.43. The minimum atomic E-state index is -1.46. The number of hydrogen-bond acceptors (Lipinski definition) is 6. The first-order valence-electron chi connectivity index (χ1n) is 8.98. The van der Waals surface area contributed by atoms with Crippen LogP contribution in [0.5, 0.6) is 5.75 Å². The van der Waals surface area contributed by atoms with E-state index in [1.54, 1.807) is 0 Å². The standard InChI is InChI=1S/C20H32O6/c1-19(2,3)11-7-8-13(12(9-11)20(4,5)6)25-18-17(24)16(23)15(22)14(10-21)26-18/h7-9,14-18,21-24H,10H2,1-6H3/t14-,15+,16+,17+,18-/m1/s1. The second-order valence-electron chi connectivity index (χ2n) is 9.03. The van der Waals surface area contributed by atoms with E-state index in [0.29, 0.717) is 5.75 Å². The minimum Gasteiger partial charge on any atom is -0.462 e. The number of hydrogen-bond donors (Lipinski definition) is 4. The smallest absolute Gasteiger partial charge is 0.229 e. The largest absolute Gasteiger partial charge is 0.462 e. The van der Waals surface area contributed by atoms with Crippen molar-refractivity contribution in [1.82, 2.24) is 0 Å². The summed E-state index contributed by atoms with van der Waals surface area (Å²) >= 11 is 0. The van der Waals surface area contributed by atoms with Gasteiger partial charge >= 0.3 is 0 Å². The molecule has 4 N–H and O–H groups in total. The van der Waals surface area contributed by atoms with Gasteiger partial charge in [0.2, 0.25) is 6.29 Å². The minimum absolute atomic E-state index is 0.0261. The third-order valence-corrected chi connectivity index (χ3v) is 4.75. The molecule has 0 radical (unpaired) electrons. The lowest BCUT2D eigenvalue weighted by Crippen LogP contribution is -2.60. The van der Waals surface area contributed by atoms with Crippen LogP contribution in [0.2, 0.25) is 0 Å². The summed E-state index contributed by atoms with van der Waals surface area (Å²) in [6, 6.07) is 5.89. The molecular formula is C20H32O6. The fraction of sp³-hybridized carbons (Fsp3) is 0.700. The van der Waals surface area contributed by atoms with Crippen LogP contribution in [0.4, 0.5) is 0 Å². The molecule has 6 nitrogen and oxygen atoms in total. The number of ether oxygens (including phenoxy) is 2.